The molecule has 154 valence electrons. The predicted octanol–water partition coefficient (Wildman–Crippen LogP) is 4.94. The monoisotopic (exact) mass is 400 g/mol. The highest BCUT2D eigenvalue weighted by molar-refractivity contribution is 5.95. The van der Waals surface area contributed by atoms with E-state index in [0.29, 0.717) is 13.0 Å². The Hall–Kier alpha value is -3.14. The van der Waals surface area contributed by atoms with Crippen LogP contribution in [0.25, 0.3) is 10.8 Å². The maximum absolute atomic E-state index is 13.6. The van der Waals surface area contributed by atoms with Crippen LogP contribution in [0, 0.1) is 13.8 Å². The summed E-state index contributed by atoms with van der Waals surface area (Å²) in [5.74, 6) is 0.0340. The summed E-state index contributed by atoms with van der Waals surface area (Å²) < 4.78 is 0. The molecule has 1 N–H and O–H groups in total. The standard InChI is InChI=1S/C26H28N2O2/c1-17-13-18(2)15-21(14-17)26(30)28-12-11-22(27-19(3)29)16-25(28)24-10-6-8-20-7-4-5-9-23(20)24/h4-10,13-15,22,25H,11-12,16H2,1-3H3,(H,27,29)/t22-,25+/m0/s1. The first-order valence-corrected chi connectivity index (χ1v) is 10.6. The second-order valence-electron chi connectivity index (χ2n) is 8.38. The second-order valence-corrected chi connectivity index (χ2v) is 8.38. The lowest BCUT2D eigenvalue weighted by atomic mass is 9.88. The fourth-order valence-electron chi connectivity index (χ4n) is 4.73. The predicted molar refractivity (Wildman–Crippen MR) is 120 cm³/mol. The van der Waals surface area contributed by atoms with Crippen LogP contribution in [0.5, 0.6) is 0 Å². The number of fused-ring (bicyclic) bond motifs is 1. The van der Waals surface area contributed by atoms with Crippen molar-refractivity contribution in [3.05, 3.63) is 82.9 Å². The third kappa shape index (κ3) is 4.09. The van der Waals surface area contributed by atoms with Gasteiger partial charge in [0.05, 0.1) is 6.04 Å². The summed E-state index contributed by atoms with van der Waals surface area (Å²) in [5.41, 5.74) is 4.05. The molecule has 0 radical (unpaired) electrons. The van der Waals surface area contributed by atoms with Crippen LogP contribution in [0.3, 0.4) is 0 Å². The van der Waals surface area contributed by atoms with Crippen LogP contribution in [0.15, 0.2) is 60.7 Å². The van der Waals surface area contributed by atoms with Crippen LogP contribution >= 0.6 is 0 Å². The number of likely N-dealkylation sites (tertiary alicyclic amines) is 1. The minimum atomic E-state index is -0.0879. The van der Waals surface area contributed by atoms with E-state index in [9.17, 15) is 9.59 Å². The van der Waals surface area contributed by atoms with E-state index in [0.717, 1.165) is 39.4 Å². The normalized spacial score (nSPS) is 19.0. The summed E-state index contributed by atoms with van der Waals surface area (Å²) in [4.78, 5) is 27.3. The highest BCUT2D eigenvalue weighted by Crippen LogP contribution is 2.36. The molecule has 0 aromatic heterocycles. The first-order valence-electron chi connectivity index (χ1n) is 10.6. The number of nitrogens with zero attached hydrogens (tertiary/aromatic N) is 1. The SMILES string of the molecule is CC(=O)N[C@H]1CCN(C(=O)c2cc(C)cc(C)c2)[C@@H](c2cccc3ccccc23)C1. The quantitative estimate of drug-likeness (QED) is 0.677. The molecule has 0 saturated carbocycles. The molecule has 0 bridgehead atoms. The zero-order valence-corrected chi connectivity index (χ0v) is 17.8. The first-order chi connectivity index (χ1) is 14.4. The van der Waals surface area contributed by atoms with Gasteiger partial charge in [-0.1, -0.05) is 59.7 Å². The van der Waals surface area contributed by atoms with Crippen LogP contribution in [0.1, 0.15) is 52.9 Å². The van der Waals surface area contributed by atoms with E-state index >= 15 is 0 Å². The van der Waals surface area contributed by atoms with Crippen molar-refractivity contribution in [2.24, 2.45) is 0 Å². The summed E-state index contributed by atoms with van der Waals surface area (Å²) in [6.45, 7) is 6.22. The topological polar surface area (TPSA) is 49.4 Å². The number of hydrogen-bond donors (Lipinski definition) is 1. The maximum Gasteiger partial charge on any atom is 0.254 e. The first kappa shape index (κ1) is 20.1. The largest absolute Gasteiger partial charge is 0.353 e. The Labute approximate surface area is 177 Å². The van der Waals surface area contributed by atoms with Crippen molar-refractivity contribution in [3.8, 4) is 0 Å². The third-order valence-corrected chi connectivity index (χ3v) is 5.92. The van der Waals surface area contributed by atoms with Crippen LogP contribution in [0.4, 0.5) is 0 Å². The van der Waals surface area contributed by atoms with E-state index in [1.807, 2.05) is 43.0 Å². The number of piperidine rings is 1. The minimum absolute atomic E-state index is 0.0224. The lowest BCUT2D eigenvalue weighted by Crippen LogP contribution is -2.47. The number of benzene rings is 3. The van der Waals surface area contributed by atoms with E-state index < -0.39 is 0 Å². The van der Waals surface area contributed by atoms with Crippen LogP contribution in [0.2, 0.25) is 0 Å². The van der Waals surface area contributed by atoms with Gasteiger partial charge in [0.1, 0.15) is 0 Å². The Morgan fingerprint density at radius 2 is 1.67 bits per heavy atom. The minimum Gasteiger partial charge on any atom is -0.353 e. The van der Waals surface area contributed by atoms with Crippen molar-refractivity contribution in [2.75, 3.05) is 6.54 Å². The van der Waals surface area contributed by atoms with Gasteiger partial charge in [0.15, 0.2) is 0 Å². The van der Waals surface area contributed by atoms with Crippen molar-refractivity contribution in [1.82, 2.24) is 10.2 Å². The van der Waals surface area contributed by atoms with Crippen molar-refractivity contribution in [2.45, 2.75) is 45.7 Å². The molecule has 0 unspecified atom stereocenters. The van der Waals surface area contributed by atoms with E-state index in [2.05, 4.69) is 41.7 Å². The molecule has 3 aromatic carbocycles. The molecule has 0 aliphatic carbocycles. The van der Waals surface area contributed by atoms with Crippen LogP contribution < -0.4 is 5.32 Å². The van der Waals surface area contributed by atoms with E-state index in [4.69, 9.17) is 0 Å². The lowest BCUT2D eigenvalue weighted by Gasteiger charge is -2.40. The average Bonchev–Trinajstić information content (AvgIpc) is 2.71. The molecule has 1 heterocycles. The van der Waals surface area contributed by atoms with Gasteiger partial charge in [0.2, 0.25) is 5.91 Å². The number of hydrogen-bond acceptors (Lipinski definition) is 2. The molecule has 1 aliphatic rings. The van der Waals surface area contributed by atoms with Crippen LogP contribution in [-0.4, -0.2) is 29.3 Å². The van der Waals surface area contributed by atoms with Gasteiger partial charge in [0, 0.05) is 25.1 Å². The molecule has 1 saturated heterocycles. The van der Waals surface area contributed by atoms with Crippen molar-refractivity contribution < 1.29 is 9.59 Å². The molecule has 2 amide bonds. The Kier molecular flexibility index (Phi) is 5.58. The number of carbonyl (C=O) groups is 2. The maximum atomic E-state index is 13.6. The van der Waals surface area contributed by atoms with E-state index in [1.165, 1.54) is 0 Å². The molecule has 1 fully saturated rings. The third-order valence-electron chi connectivity index (χ3n) is 5.92. The summed E-state index contributed by atoms with van der Waals surface area (Å²) in [5, 5.41) is 5.39. The molecular weight excluding hydrogens is 372 g/mol. The highest BCUT2D eigenvalue weighted by atomic mass is 16.2. The highest BCUT2D eigenvalue weighted by Gasteiger charge is 2.34. The summed E-state index contributed by atoms with van der Waals surface area (Å²) in [7, 11) is 0. The summed E-state index contributed by atoms with van der Waals surface area (Å²) >= 11 is 0. The smallest absolute Gasteiger partial charge is 0.254 e. The Morgan fingerprint density at radius 1 is 0.967 bits per heavy atom. The Bertz CT molecular complexity index is 1080. The van der Waals surface area contributed by atoms with Gasteiger partial charge in [0.25, 0.3) is 5.91 Å². The van der Waals surface area contributed by atoms with Gasteiger partial charge in [-0.25, -0.2) is 0 Å². The fraction of sp³-hybridized carbons (Fsp3) is 0.308. The Morgan fingerprint density at radius 3 is 2.40 bits per heavy atom. The lowest BCUT2D eigenvalue weighted by molar-refractivity contribution is -0.120. The van der Waals surface area contributed by atoms with Crippen LogP contribution in [-0.2, 0) is 4.79 Å². The molecule has 30 heavy (non-hydrogen) atoms. The number of rotatable bonds is 3. The molecule has 4 nitrogen and oxygen atoms in total. The number of amides is 2. The van der Waals surface area contributed by atoms with Gasteiger partial charge in [-0.3, -0.25) is 9.59 Å². The van der Waals surface area contributed by atoms with Gasteiger partial charge in [-0.05, 0) is 55.2 Å². The Balaban J connectivity index is 1.76. The molecule has 0 spiro atoms. The molecule has 2 atom stereocenters. The van der Waals surface area contributed by atoms with E-state index in [-0.39, 0.29) is 23.9 Å². The van der Waals surface area contributed by atoms with Gasteiger partial charge < -0.3 is 10.2 Å². The van der Waals surface area contributed by atoms with Crippen molar-refractivity contribution in [3.63, 3.8) is 0 Å². The average molecular weight is 401 g/mol. The second kappa shape index (κ2) is 8.31. The zero-order valence-electron chi connectivity index (χ0n) is 17.8. The molecule has 1 aliphatic heterocycles. The van der Waals surface area contributed by atoms with E-state index in [1.54, 1.807) is 6.92 Å². The fourth-order valence-corrected chi connectivity index (χ4v) is 4.73. The van der Waals surface area contributed by atoms with Crippen molar-refractivity contribution in [1.29, 1.82) is 0 Å². The molecule has 4 heteroatoms. The summed E-state index contributed by atoms with van der Waals surface area (Å²) in [6, 6.07) is 20.6. The zero-order chi connectivity index (χ0) is 21.3. The molecule has 3 aromatic rings. The van der Waals surface area contributed by atoms with Gasteiger partial charge >= 0.3 is 0 Å². The number of aryl methyl sites for hydroxylation is 2. The van der Waals surface area contributed by atoms with Crippen molar-refractivity contribution >= 4 is 22.6 Å². The van der Waals surface area contributed by atoms with Gasteiger partial charge in [-0.2, -0.15) is 0 Å². The van der Waals surface area contributed by atoms with Gasteiger partial charge in [-0.15, -0.1) is 0 Å². The summed E-state index contributed by atoms with van der Waals surface area (Å²) in [6.07, 6.45) is 1.47. The number of carbonyl (C=O) groups excluding carboxylic acids is 2. The number of nitrogens with one attached hydrogen (secondary N) is 1. The molecular formula is C26H28N2O2. The molecule has 4 rings (SSSR count).